The van der Waals surface area contributed by atoms with E-state index in [1.165, 1.54) is 5.56 Å². The Morgan fingerprint density at radius 3 is 2.64 bits per heavy atom. The molecule has 1 aliphatic carbocycles. The smallest absolute Gasteiger partial charge is 0.161 e. The van der Waals surface area contributed by atoms with Gasteiger partial charge in [-0.2, -0.15) is 0 Å². The summed E-state index contributed by atoms with van der Waals surface area (Å²) in [5.74, 6) is 1.40. The van der Waals surface area contributed by atoms with Gasteiger partial charge in [-0.25, -0.2) is 0 Å². The number of hydrogen-bond donors (Lipinski definition) is 1. The fourth-order valence-electron chi connectivity index (χ4n) is 3.60. The molecule has 2 unspecified atom stereocenters. The number of para-hydroxylation sites is 2. The number of rotatable bonds is 6. The Kier molecular flexibility index (Phi) is 5.75. The fraction of sp³-hybridized carbons (Fsp3) is 0.409. The average molecular weight is 338 g/mol. The molecule has 0 aromatic heterocycles. The molecule has 1 aliphatic rings. The number of phenols is 1. The fourth-order valence-corrected chi connectivity index (χ4v) is 3.60. The van der Waals surface area contributed by atoms with Crippen LogP contribution in [0.3, 0.4) is 0 Å². The zero-order chi connectivity index (χ0) is 17.6. The van der Waals surface area contributed by atoms with Crippen molar-refractivity contribution in [1.29, 1.82) is 0 Å². The number of hydrogen-bond acceptors (Lipinski definition) is 3. The van der Waals surface area contributed by atoms with Crippen LogP contribution in [0.2, 0.25) is 0 Å². The van der Waals surface area contributed by atoms with Crippen molar-refractivity contribution in [2.24, 2.45) is 5.92 Å². The van der Waals surface area contributed by atoms with Gasteiger partial charge in [0, 0.05) is 12.8 Å². The van der Waals surface area contributed by atoms with Gasteiger partial charge in [-0.15, -0.1) is 0 Å². The van der Waals surface area contributed by atoms with Crippen LogP contribution in [0.25, 0.3) is 0 Å². The van der Waals surface area contributed by atoms with Gasteiger partial charge < -0.3 is 9.84 Å². The summed E-state index contributed by atoms with van der Waals surface area (Å²) in [6, 6.07) is 15.3. The zero-order valence-electron chi connectivity index (χ0n) is 14.8. The van der Waals surface area contributed by atoms with Crippen molar-refractivity contribution in [2.75, 3.05) is 0 Å². The highest BCUT2D eigenvalue weighted by Gasteiger charge is 2.25. The molecule has 2 aromatic rings. The molecule has 1 N–H and O–H groups in total. The first-order valence-electron chi connectivity index (χ1n) is 9.12. The molecule has 0 spiro atoms. The molecule has 0 radical (unpaired) electrons. The maximum absolute atomic E-state index is 12.4. The van der Waals surface area contributed by atoms with Gasteiger partial charge in [0.2, 0.25) is 0 Å². The minimum atomic E-state index is 0.0826. The lowest BCUT2D eigenvalue weighted by molar-refractivity contribution is -0.119. The Bertz CT molecular complexity index is 705. The van der Waals surface area contributed by atoms with Gasteiger partial charge in [0.25, 0.3) is 0 Å². The van der Waals surface area contributed by atoms with Crippen LogP contribution in [-0.4, -0.2) is 17.0 Å². The van der Waals surface area contributed by atoms with Crippen LogP contribution >= 0.6 is 0 Å². The van der Waals surface area contributed by atoms with E-state index < -0.39 is 0 Å². The summed E-state index contributed by atoms with van der Waals surface area (Å²) in [4.78, 5) is 12.4. The number of aryl methyl sites for hydroxylation is 1. The summed E-state index contributed by atoms with van der Waals surface area (Å²) in [6.45, 7) is 2.05. The Labute approximate surface area is 149 Å². The van der Waals surface area contributed by atoms with Crippen LogP contribution in [-0.2, 0) is 11.2 Å². The molecule has 25 heavy (non-hydrogen) atoms. The van der Waals surface area contributed by atoms with E-state index in [1.807, 2.05) is 18.2 Å². The monoisotopic (exact) mass is 338 g/mol. The molecular weight excluding hydrogens is 312 g/mol. The first kappa shape index (κ1) is 17.5. The highest BCUT2D eigenvalue weighted by molar-refractivity contribution is 5.81. The van der Waals surface area contributed by atoms with E-state index in [2.05, 4.69) is 19.1 Å². The first-order valence-corrected chi connectivity index (χ1v) is 9.12. The predicted octanol–water partition coefficient (Wildman–Crippen LogP) is 4.84. The van der Waals surface area contributed by atoms with E-state index in [4.69, 9.17) is 4.74 Å². The van der Waals surface area contributed by atoms with Gasteiger partial charge in [0.05, 0.1) is 6.10 Å². The number of aromatic hydroxyl groups is 1. The SMILES string of the molecule is Cc1ccc(CC(=O)CC2CCCC(Oc3ccccc3O)C2)cc1. The third-order valence-corrected chi connectivity index (χ3v) is 4.93. The van der Waals surface area contributed by atoms with Crippen LogP contribution in [0.5, 0.6) is 11.5 Å². The molecule has 1 fully saturated rings. The third kappa shape index (κ3) is 5.09. The van der Waals surface area contributed by atoms with Crippen molar-refractivity contribution in [3.8, 4) is 11.5 Å². The zero-order valence-corrected chi connectivity index (χ0v) is 14.8. The van der Waals surface area contributed by atoms with Gasteiger partial charge in [0.15, 0.2) is 11.5 Å². The summed E-state index contributed by atoms with van der Waals surface area (Å²) in [5.41, 5.74) is 2.31. The number of carbonyl (C=O) groups is 1. The van der Waals surface area contributed by atoms with E-state index in [0.717, 1.165) is 31.2 Å². The van der Waals surface area contributed by atoms with E-state index in [-0.39, 0.29) is 11.9 Å². The van der Waals surface area contributed by atoms with Crippen molar-refractivity contribution < 1.29 is 14.6 Å². The molecule has 0 heterocycles. The molecule has 3 heteroatoms. The molecule has 0 amide bonds. The van der Waals surface area contributed by atoms with Crippen molar-refractivity contribution in [1.82, 2.24) is 0 Å². The van der Waals surface area contributed by atoms with Crippen LogP contribution in [0.4, 0.5) is 0 Å². The normalized spacial score (nSPS) is 20.2. The van der Waals surface area contributed by atoms with Gasteiger partial charge >= 0.3 is 0 Å². The summed E-state index contributed by atoms with van der Waals surface area (Å²) in [6.07, 6.45) is 5.24. The average Bonchev–Trinajstić information content (AvgIpc) is 2.59. The maximum Gasteiger partial charge on any atom is 0.161 e. The Morgan fingerprint density at radius 2 is 1.88 bits per heavy atom. The molecule has 0 bridgehead atoms. The highest BCUT2D eigenvalue weighted by atomic mass is 16.5. The second kappa shape index (κ2) is 8.19. The number of ketones is 1. The van der Waals surface area contributed by atoms with Crippen molar-refractivity contribution in [3.63, 3.8) is 0 Å². The minimum Gasteiger partial charge on any atom is -0.504 e. The van der Waals surface area contributed by atoms with E-state index in [1.54, 1.807) is 18.2 Å². The summed E-state index contributed by atoms with van der Waals surface area (Å²) in [5, 5.41) is 9.86. The topological polar surface area (TPSA) is 46.5 Å². The third-order valence-electron chi connectivity index (χ3n) is 4.93. The van der Waals surface area contributed by atoms with Crippen molar-refractivity contribution in [3.05, 3.63) is 59.7 Å². The second-order valence-corrected chi connectivity index (χ2v) is 7.15. The molecule has 2 aromatic carbocycles. The lowest BCUT2D eigenvalue weighted by atomic mass is 9.83. The lowest BCUT2D eigenvalue weighted by Gasteiger charge is -2.29. The number of Topliss-reactive ketones (excluding diaryl/α,β-unsaturated/α-hetero) is 1. The van der Waals surface area contributed by atoms with Gasteiger partial charge in [-0.1, -0.05) is 42.0 Å². The Morgan fingerprint density at radius 1 is 1.12 bits per heavy atom. The van der Waals surface area contributed by atoms with Crippen LogP contribution in [0.1, 0.15) is 43.2 Å². The number of carbonyl (C=O) groups excluding carboxylic acids is 1. The second-order valence-electron chi connectivity index (χ2n) is 7.15. The minimum absolute atomic E-state index is 0.0826. The summed E-state index contributed by atoms with van der Waals surface area (Å²) >= 11 is 0. The highest BCUT2D eigenvalue weighted by Crippen LogP contribution is 2.33. The number of benzene rings is 2. The van der Waals surface area contributed by atoms with E-state index in [0.29, 0.717) is 30.3 Å². The Hall–Kier alpha value is -2.29. The van der Waals surface area contributed by atoms with Crippen molar-refractivity contribution >= 4 is 5.78 Å². The lowest BCUT2D eigenvalue weighted by Crippen LogP contribution is -2.27. The molecular formula is C22H26O3. The largest absolute Gasteiger partial charge is 0.504 e. The van der Waals surface area contributed by atoms with Gasteiger partial charge in [-0.05, 0) is 56.2 Å². The summed E-state index contributed by atoms with van der Waals surface area (Å²) < 4.78 is 5.97. The number of phenolic OH excluding ortho intramolecular Hbond substituents is 1. The van der Waals surface area contributed by atoms with Crippen LogP contribution in [0.15, 0.2) is 48.5 Å². The van der Waals surface area contributed by atoms with Gasteiger partial charge in [-0.3, -0.25) is 4.79 Å². The Balaban J connectivity index is 1.52. The maximum atomic E-state index is 12.4. The predicted molar refractivity (Wildman–Crippen MR) is 99.0 cm³/mol. The van der Waals surface area contributed by atoms with Gasteiger partial charge in [0.1, 0.15) is 5.78 Å². The molecule has 0 aliphatic heterocycles. The molecule has 1 saturated carbocycles. The molecule has 0 saturated heterocycles. The van der Waals surface area contributed by atoms with E-state index >= 15 is 0 Å². The number of ether oxygens (including phenoxy) is 1. The molecule has 3 nitrogen and oxygen atoms in total. The molecule has 2 atom stereocenters. The summed E-state index contributed by atoms with van der Waals surface area (Å²) in [7, 11) is 0. The van der Waals surface area contributed by atoms with E-state index in [9.17, 15) is 9.90 Å². The molecule has 132 valence electrons. The molecule has 3 rings (SSSR count). The van der Waals surface area contributed by atoms with Crippen molar-refractivity contribution in [2.45, 2.75) is 51.6 Å². The van der Waals surface area contributed by atoms with Crippen LogP contribution in [0, 0.1) is 12.8 Å². The quantitative estimate of drug-likeness (QED) is 0.820. The standard InChI is InChI=1S/C22H26O3/c1-16-9-11-17(12-10-16)13-19(23)14-18-5-4-6-20(15-18)25-22-8-3-2-7-21(22)24/h2-3,7-12,18,20,24H,4-6,13-15H2,1H3. The first-order chi connectivity index (χ1) is 12.1. The van der Waals surface area contributed by atoms with Crippen LogP contribution < -0.4 is 4.74 Å².